The van der Waals surface area contributed by atoms with Gasteiger partial charge >= 0.3 is 5.97 Å². The lowest BCUT2D eigenvalue weighted by Crippen LogP contribution is -2.10. The number of benzene rings is 2. The Bertz CT molecular complexity index is 1010. The molecule has 0 aliphatic carbocycles. The summed E-state index contributed by atoms with van der Waals surface area (Å²) in [5.74, 6) is -1.87. The van der Waals surface area contributed by atoms with E-state index in [4.69, 9.17) is 4.74 Å². The zero-order valence-corrected chi connectivity index (χ0v) is 19.9. The second-order valence-electron chi connectivity index (χ2n) is 8.37. The SMILES string of the molecule is CCCCCCCC(=O)c1cc(CC(=O)CCc2ccc(O)c(OCC)c2)c(O)c(C(=O)O)c1. The second kappa shape index (κ2) is 13.4. The lowest BCUT2D eigenvalue weighted by atomic mass is 9.95. The van der Waals surface area contributed by atoms with Gasteiger partial charge in [0.25, 0.3) is 0 Å². The highest BCUT2D eigenvalue weighted by molar-refractivity contribution is 6.01. The summed E-state index contributed by atoms with van der Waals surface area (Å²) in [6.07, 6.45) is 5.56. The molecule has 2 aromatic carbocycles. The van der Waals surface area contributed by atoms with Crippen molar-refractivity contribution in [3.8, 4) is 17.2 Å². The van der Waals surface area contributed by atoms with Crippen molar-refractivity contribution in [1.29, 1.82) is 0 Å². The van der Waals surface area contributed by atoms with Crippen LogP contribution in [-0.2, 0) is 17.6 Å². The number of unbranched alkanes of at least 4 members (excludes halogenated alkanes) is 4. The van der Waals surface area contributed by atoms with Crippen LogP contribution in [0.3, 0.4) is 0 Å². The number of aryl methyl sites for hydroxylation is 1. The number of aromatic carboxylic acids is 1. The average Bonchev–Trinajstić information content (AvgIpc) is 2.80. The van der Waals surface area contributed by atoms with Crippen LogP contribution in [0.1, 0.15) is 90.6 Å². The molecular weight excluding hydrogens is 436 g/mol. The zero-order valence-electron chi connectivity index (χ0n) is 19.9. The third kappa shape index (κ3) is 7.90. The fraction of sp³-hybridized carbons (Fsp3) is 0.444. The van der Waals surface area contributed by atoms with Gasteiger partial charge in [0.1, 0.15) is 17.1 Å². The summed E-state index contributed by atoms with van der Waals surface area (Å²) in [7, 11) is 0. The van der Waals surface area contributed by atoms with Gasteiger partial charge < -0.3 is 20.1 Å². The van der Waals surface area contributed by atoms with Crippen LogP contribution >= 0.6 is 0 Å². The number of phenols is 2. The summed E-state index contributed by atoms with van der Waals surface area (Å²) in [6, 6.07) is 7.50. The summed E-state index contributed by atoms with van der Waals surface area (Å²) in [6.45, 7) is 4.31. The van der Waals surface area contributed by atoms with E-state index in [2.05, 4.69) is 6.92 Å². The van der Waals surface area contributed by atoms with Crippen LogP contribution in [0, 0.1) is 0 Å². The van der Waals surface area contributed by atoms with Gasteiger partial charge in [-0.3, -0.25) is 9.59 Å². The van der Waals surface area contributed by atoms with Gasteiger partial charge in [0.15, 0.2) is 17.3 Å². The molecule has 0 fully saturated rings. The molecule has 0 unspecified atom stereocenters. The van der Waals surface area contributed by atoms with E-state index >= 15 is 0 Å². The summed E-state index contributed by atoms with van der Waals surface area (Å²) in [5, 5.41) is 29.7. The molecule has 0 aromatic heterocycles. The van der Waals surface area contributed by atoms with E-state index in [1.165, 1.54) is 18.2 Å². The Morgan fingerprint density at radius 3 is 2.32 bits per heavy atom. The number of ketones is 2. The highest BCUT2D eigenvalue weighted by Crippen LogP contribution is 2.29. The van der Waals surface area contributed by atoms with E-state index < -0.39 is 11.7 Å². The average molecular weight is 471 g/mol. The number of carboxylic acid groups (broad SMARTS) is 1. The number of rotatable bonds is 15. The smallest absolute Gasteiger partial charge is 0.339 e. The molecule has 34 heavy (non-hydrogen) atoms. The van der Waals surface area contributed by atoms with Crippen molar-refractivity contribution in [3.63, 3.8) is 0 Å². The summed E-state index contributed by atoms with van der Waals surface area (Å²) in [5.41, 5.74) is 0.768. The van der Waals surface area contributed by atoms with Gasteiger partial charge in [-0.15, -0.1) is 0 Å². The standard InChI is InChI=1S/C27H34O7/c1-3-5-6-7-8-9-23(29)19-15-20(26(31)22(17-19)27(32)33)16-21(28)12-10-18-11-13-24(30)25(14-18)34-4-2/h11,13-15,17,30-31H,3-10,12,16H2,1-2H3,(H,32,33). The number of carbonyl (C=O) groups is 3. The van der Waals surface area contributed by atoms with Crippen molar-refractivity contribution in [2.75, 3.05) is 6.61 Å². The molecule has 7 heteroatoms. The number of carbonyl (C=O) groups excluding carboxylic acids is 2. The normalized spacial score (nSPS) is 10.8. The van der Waals surface area contributed by atoms with Gasteiger partial charge in [0.2, 0.25) is 0 Å². The van der Waals surface area contributed by atoms with Gasteiger partial charge in [-0.2, -0.15) is 0 Å². The van der Waals surface area contributed by atoms with Crippen molar-refractivity contribution in [1.82, 2.24) is 0 Å². The fourth-order valence-corrected chi connectivity index (χ4v) is 3.76. The highest BCUT2D eigenvalue weighted by atomic mass is 16.5. The van der Waals surface area contributed by atoms with Crippen LogP contribution in [0.4, 0.5) is 0 Å². The minimum absolute atomic E-state index is 0.0231. The van der Waals surface area contributed by atoms with E-state index in [-0.39, 0.29) is 46.8 Å². The first-order valence-electron chi connectivity index (χ1n) is 11.9. The topological polar surface area (TPSA) is 121 Å². The van der Waals surface area contributed by atoms with E-state index in [0.717, 1.165) is 31.2 Å². The lowest BCUT2D eigenvalue weighted by molar-refractivity contribution is -0.118. The van der Waals surface area contributed by atoms with Crippen LogP contribution in [0.15, 0.2) is 30.3 Å². The van der Waals surface area contributed by atoms with Gasteiger partial charge in [0, 0.05) is 30.4 Å². The van der Waals surface area contributed by atoms with Crippen molar-refractivity contribution in [3.05, 3.63) is 52.6 Å². The van der Waals surface area contributed by atoms with Crippen LogP contribution in [0.25, 0.3) is 0 Å². The second-order valence-corrected chi connectivity index (χ2v) is 8.37. The number of phenolic OH excluding ortho intramolecular Hbond substituents is 1. The molecule has 0 saturated carbocycles. The predicted octanol–water partition coefficient (Wildman–Crippen LogP) is 5.48. The Balaban J connectivity index is 2.09. The Morgan fingerprint density at radius 2 is 1.65 bits per heavy atom. The highest BCUT2D eigenvalue weighted by Gasteiger charge is 2.20. The van der Waals surface area contributed by atoms with Crippen molar-refractivity contribution >= 4 is 17.5 Å². The maximum Gasteiger partial charge on any atom is 0.339 e. The Hall–Kier alpha value is -3.35. The Kier molecular flexibility index (Phi) is 10.6. The monoisotopic (exact) mass is 470 g/mol. The van der Waals surface area contributed by atoms with Gasteiger partial charge in [-0.25, -0.2) is 4.79 Å². The molecule has 0 spiro atoms. The molecule has 2 aromatic rings. The number of hydrogen-bond donors (Lipinski definition) is 3. The number of aromatic hydroxyl groups is 2. The van der Waals surface area contributed by atoms with Crippen LogP contribution in [0.2, 0.25) is 0 Å². The molecule has 0 atom stereocenters. The minimum Gasteiger partial charge on any atom is -0.507 e. The molecule has 0 amide bonds. The summed E-state index contributed by atoms with van der Waals surface area (Å²) < 4.78 is 5.36. The predicted molar refractivity (Wildman–Crippen MR) is 129 cm³/mol. The molecule has 0 bridgehead atoms. The molecule has 0 saturated heterocycles. The lowest BCUT2D eigenvalue weighted by Gasteiger charge is -2.11. The third-order valence-corrected chi connectivity index (χ3v) is 5.65. The molecular formula is C27H34O7. The molecule has 0 heterocycles. The maximum atomic E-state index is 12.6. The van der Waals surface area contributed by atoms with Gasteiger partial charge in [0.05, 0.1) is 6.61 Å². The first-order valence-corrected chi connectivity index (χ1v) is 11.9. The van der Waals surface area contributed by atoms with E-state index in [1.807, 2.05) is 0 Å². The Morgan fingerprint density at radius 1 is 0.912 bits per heavy atom. The fourth-order valence-electron chi connectivity index (χ4n) is 3.76. The maximum absolute atomic E-state index is 12.6. The summed E-state index contributed by atoms with van der Waals surface area (Å²) in [4.78, 5) is 36.9. The summed E-state index contributed by atoms with van der Waals surface area (Å²) >= 11 is 0. The molecule has 3 N–H and O–H groups in total. The van der Waals surface area contributed by atoms with E-state index in [0.29, 0.717) is 31.6 Å². The van der Waals surface area contributed by atoms with Gasteiger partial charge in [-0.05, 0) is 49.6 Å². The third-order valence-electron chi connectivity index (χ3n) is 5.65. The first kappa shape index (κ1) is 26.9. The quantitative estimate of drug-likeness (QED) is 0.233. The number of ether oxygens (including phenoxy) is 1. The van der Waals surface area contributed by atoms with E-state index in [9.17, 15) is 29.7 Å². The minimum atomic E-state index is -1.35. The van der Waals surface area contributed by atoms with Crippen LogP contribution in [-0.4, -0.2) is 39.5 Å². The molecule has 0 aliphatic heterocycles. The molecule has 2 rings (SSSR count). The van der Waals surface area contributed by atoms with Crippen molar-refractivity contribution in [2.24, 2.45) is 0 Å². The molecule has 0 aliphatic rings. The molecule has 0 radical (unpaired) electrons. The number of carboxylic acids is 1. The Labute approximate surface area is 200 Å². The first-order chi connectivity index (χ1) is 16.3. The van der Waals surface area contributed by atoms with Gasteiger partial charge in [-0.1, -0.05) is 38.7 Å². The van der Waals surface area contributed by atoms with Crippen molar-refractivity contribution in [2.45, 2.75) is 71.6 Å². The van der Waals surface area contributed by atoms with Crippen LogP contribution in [0.5, 0.6) is 17.2 Å². The van der Waals surface area contributed by atoms with Crippen LogP contribution < -0.4 is 4.74 Å². The van der Waals surface area contributed by atoms with E-state index in [1.54, 1.807) is 19.1 Å². The zero-order chi connectivity index (χ0) is 25.1. The molecule has 7 nitrogen and oxygen atoms in total. The number of hydrogen-bond acceptors (Lipinski definition) is 6. The largest absolute Gasteiger partial charge is 0.507 e. The number of Topliss-reactive ketones (excluding diaryl/α,β-unsaturated/α-hetero) is 2. The molecule has 184 valence electrons. The van der Waals surface area contributed by atoms with Crippen molar-refractivity contribution < 1.29 is 34.4 Å².